The number of nitrogens with one attached hydrogen (secondary N) is 1. The van der Waals surface area contributed by atoms with Crippen LogP contribution in [0.5, 0.6) is 0 Å². The second-order valence-corrected chi connectivity index (χ2v) is 4.86. The van der Waals surface area contributed by atoms with Crippen molar-refractivity contribution < 1.29 is 0 Å². The lowest BCUT2D eigenvalue weighted by molar-refractivity contribution is 1.09. The van der Waals surface area contributed by atoms with Crippen molar-refractivity contribution in [2.24, 2.45) is 0 Å². The first-order valence-corrected chi connectivity index (χ1v) is 6.50. The summed E-state index contributed by atoms with van der Waals surface area (Å²) in [6.45, 7) is 3.93. The van der Waals surface area contributed by atoms with Gasteiger partial charge in [0.15, 0.2) is 0 Å². The largest absolute Gasteiger partial charge is 0.397 e. The zero-order chi connectivity index (χ0) is 14.1. The van der Waals surface area contributed by atoms with Gasteiger partial charge in [0.1, 0.15) is 11.6 Å². The highest BCUT2D eigenvalue weighted by atomic mass is 15.0. The van der Waals surface area contributed by atoms with Crippen molar-refractivity contribution in [1.82, 2.24) is 9.97 Å². The summed E-state index contributed by atoms with van der Waals surface area (Å²) in [5.41, 5.74) is 9.65. The van der Waals surface area contributed by atoms with E-state index in [2.05, 4.69) is 34.3 Å². The van der Waals surface area contributed by atoms with Crippen LogP contribution in [0.3, 0.4) is 0 Å². The van der Waals surface area contributed by atoms with Crippen molar-refractivity contribution in [3.63, 3.8) is 0 Å². The minimum absolute atomic E-state index is 0.667. The normalized spacial score (nSPS) is 10.7. The van der Waals surface area contributed by atoms with Gasteiger partial charge in [-0.05, 0) is 43.7 Å². The quantitative estimate of drug-likeness (QED) is 0.694. The topological polar surface area (TPSA) is 63.8 Å². The van der Waals surface area contributed by atoms with E-state index in [4.69, 9.17) is 5.73 Å². The summed E-state index contributed by atoms with van der Waals surface area (Å²) in [5, 5.41) is 4.28. The number of aryl methyl sites for hydroxylation is 2. The maximum absolute atomic E-state index is 5.99. The Hall–Kier alpha value is -2.62. The zero-order valence-electron chi connectivity index (χ0n) is 11.5. The fraction of sp³-hybridized carbons (Fsp3) is 0.125. The van der Waals surface area contributed by atoms with Crippen LogP contribution in [0.25, 0.3) is 10.9 Å². The molecule has 3 rings (SSSR count). The van der Waals surface area contributed by atoms with Crippen molar-refractivity contribution in [2.45, 2.75) is 13.8 Å². The van der Waals surface area contributed by atoms with Crippen LogP contribution in [0.15, 0.2) is 42.5 Å². The van der Waals surface area contributed by atoms with Crippen LogP contribution >= 0.6 is 0 Å². The molecular formula is C16H16N4. The van der Waals surface area contributed by atoms with Gasteiger partial charge in [-0.25, -0.2) is 9.97 Å². The lowest BCUT2D eigenvalue weighted by Gasteiger charge is -2.11. The molecule has 0 aliphatic carbocycles. The molecule has 0 saturated carbocycles. The van der Waals surface area contributed by atoms with E-state index in [9.17, 15) is 0 Å². The Bertz CT molecular complexity index is 781. The SMILES string of the molecule is Cc1cccc(Nc2nc(C)nc3c(N)cccc23)c1. The second kappa shape index (κ2) is 4.81. The fourth-order valence-electron chi connectivity index (χ4n) is 2.24. The Labute approximate surface area is 117 Å². The summed E-state index contributed by atoms with van der Waals surface area (Å²) >= 11 is 0. The maximum atomic E-state index is 5.99. The zero-order valence-corrected chi connectivity index (χ0v) is 11.5. The van der Waals surface area contributed by atoms with Crippen molar-refractivity contribution >= 4 is 28.1 Å². The molecule has 3 N–H and O–H groups in total. The minimum atomic E-state index is 0.667. The van der Waals surface area contributed by atoms with E-state index in [1.165, 1.54) is 5.56 Å². The first kappa shape index (κ1) is 12.4. The van der Waals surface area contributed by atoms with Crippen LogP contribution < -0.4 is 11.1 Å². The number of aromatic nitrogens is 2. The molecule has 1 aromatic heterocycles. The molecule has 4 nitrogen and oxygen atoms in total. The third-order valence-corrected chi connectivity index (χ3v) is 3.15. The number of para-hydroxylation sites is 1. The molecule has 100 valence electrons. The smallest absolute Gasteiger partial charge is 0.142 e. The Morgan fingerprint density at radius 3 is 2.60 bits per heavy atom. The highest BCUT2D eigenvalue weighted by Gasteiger charge is 2.08. The molecule has 0 atom stereocenters. The Kier molecular flexibility index (Phi) is 2.99. The molecule has 0 radical (unpaired) electrons. The van der Waals surface area contributed by atoms with Crippen molar-refractivity contribution in [2.75, 3.05) is 11.1 Å². The van der Waals surface area contributed by atoms with E-state index in [0.29, 0.717) is 11.5 Å². The van der Waals surface area contributed by atoms with E-state index < -0.39 is 0 Å². The Morgan fingerprint density at radius 2 is 1.80 bits per heavy atom. The fourth-order valence-corrected chi connectivity index (χ4v) is 2.24. The van der Waals surface area contributed by atoms with Gasteiger partial charge in [-0.2, -0.15) is 0 Å². The summed E-state index contributed by atoms with van der Waals surface area (Å²) in [4.78, 5) is 8.91. The number of fused-ring (bicyclic) bond motifs is 1. The summed E-state index contributed by atoms with van der Waals surface area (Å²) in [6, 6.07) is 13.9. The van der Waals surface area contributed by atoms with Crippen molar-refractivity contribution in [3.05, 3.63) is 53.9 Å². The third-order valence-electron chi connectivity index (χ3n) is 3.15. The van der Waals surface area contributed by atoms with Crippen LogP contribution in [0, 0.1) is 13.8 Å². The number of benzene rings is 2. The molecule has 0 amide bonds. The number of nitrogens with two attached hydrogens (primary N) is 1. The van der Waals surface area contributed by atoms with Gasteiger partial charge in [0.2, 0.25) is 0 Å². The molecule has 0 unspecified atom stereocenters. The number of anilines is 3. The molecule has 4 heteroatoms. The molecular weight excluding hydrogens is 248 g/mol. The third kappa shape index (κ3) is 2.28. The van der Waals surface area contributed by atoms with Crippen LogP contribution in [0.4, 0.5) is 17.2 Å². The minimum Gasteiger partial charge on any atom is -0.397 e. The van der Waals surface area contributed by atoms with Gasteiger partial charge >= 0.3 is 0 Å². The molecule has 0 spiro atoms. The molecule has 20 heavy (non-hydrogen) atoms. The van der Waals surface area contributed by atoms with Gasteiger partial charge in [-0.15, -0.1) is 0 Å². The standard InChI is InChI=1S/C16H16N4/c1-10-5-3-6-12(9-10)20-16-13-7-4-8-14(17)15(13)18-11(2)19-16/h3-9H,17H2,1-2H3,(H,18,19,20). The number of rotatable bonds is 2. The van der Waals surface area contributed by atoms with E-state index in [1.54, 1.807) is 0 Å². The van der Waals surface area contributed by atoms with Gasteiger partial charge in [0.25, 0.3) is 0 Å². The Balaban J connectivity index is 2.14. The summed E-state index contributed by atoms with van der Waals surface area (Å²) in [7, 11) is 0. The molecule has 1 heterocycles. The molecule has 0 fully saturated rings. The lowest BCUT2D eigenvalue weighted by atomic mass is 10.2. The van der Waals surface area contributed by atoms with Gasteiger partial charge in [-0.1, -0.05) is 18.2 Å². The summed E-state index contributed by atoms with van der Waals surface area (Å²) < 4.78 is 0. The maximum Gasteiger partial charge on any atom is 0.142 e. The van der Waals surface area contributed by atoms with Crippen molar-refractivity contribution in [1.29, 1.82) is 0 Å². The average molecular weight is 264 g/mol. The van der Waals surface area contributed by atoms with E-state index >= 15 is 0 Å². The highest BCUT2D eigenvalue weighted by molar-refractivity contribution is 5.97. The molecule has 0 saturated heterocycles. The second-order valence-electron chi connectivity index (χ2n) is 4.86. The van der Waals surface area contributed by atoms with Gasteiger partial charge in [0.05, 0.1) is 11.2 Å². The number of hydrogen-bond donors (Lipinski definition) is 2. The predicted octanol–water partition coefficient (Wildman–Crippen LogP) is 3.57. The molecule has 3 aromatic rings. The van der Waals surface area contributed by atoms with Crippen LogP contribution in [-0.4, -0.2) is 9.97 Å². The van der Waals surface area contributed by atoms with E-state index in [-0.39, 0.29) is 0 Å². The van der Waals surface area contributed by atoms with Gasteiger partial charge < -0.3 is 11.1 Å². The first-order valence-electron chi connectivity index (χ1n) is 6.50. The van der Waals surface area contributed by atoms with Crippen LogP contribution in [0.1, 0.15) is 11.4 Å². The molecule has 0 bridgehead atoms. The number of nitrogens with zero attached hydrogens (tertiary/aromatic N) is 2. The van der Waals surface area contributed by atoms with E-state index in [0.717, 1.165) is 22.4 Å². The predicted molar refractivity (Wildman–Crippen MR) is 83.1 cm³/mol. The summed E-state index contributed by atoms with van der Waals surface area (Å²) in [6.07, 6.45) is 0. The number of hydrogen-bond acceptors (Lipinski definition) is 4. The monoisotopic (exact) mass is 264 g/mol. The van der Waals surface area contributed by atoms with Gasteiger partial charge in [-0.3, -0.25) is 0 Å². The molecule has 0 aliphatic rings. The lowest BCUT2D eigenvalue weighted by Crippen LogP contribution is -2.00. The Morgan fingerprint density at radius 1 is 1.00 bits per heavy atom. The van der Waals surface area contributed by atoms with Gasteiger partial charge in [0, 0.05) is 11.1 Å². The average Bonchev–Trinajstić information content (AvgIpc) is 2.40. The molecule has 0 aliphatic heterocycles. The molecule has 2 aromatic carbocycles. The van der Waals surface area contributed by atoms with E-state index in [1.807, 2.05) is 37.3 Å². The van der Waals surface area contributed by atoms with Crippen LogP contribution in [-0.2, 0) is 0 Å². The number of nitrogen functional groups attached to an aromatic ring is 1. The van der Waals surface area contributed by atoms with Crippen molar-refractivity contribution in [3.8, 4) is 0 Å². The van der Waals surface area contributed by atoms with Crippen LogP contribution in [0.2, 0.25) is 0 Å². The summed E-state index contributed by atoms with van der Waals surface area (Å²) in [5.74, 6) is 1.48. The highest BCUT2D eigenvalue weighted by Crippen LogP contribution is 2.27. The first-order chi connectivity index (χ1) is 9.63.